The van der Waals surface area contributed by atoms with Crippen molar-refractivity contribution in [2.24, 2.45) is 0 Å². The number of fused-ring (bicyclic) bond motifs is 2. The van der Waals surface area contributed by atoms with Crippen LogP contribution < -0.4 is 0 Å². The largest absolute Gasteiger partial charge is 0.320 e. The van der Waals surface area contributed by atoms with E-state index in [0.717, 1.165) is 16.9 Å². The second kappa shape index (κ2) is 2.26. The van der Waals surface area contributed by atoms with Gasteiger partial charge in [0.2, 0.25) is 0 Å². The van der Waals surface area contributed by atoms with Gasteiger partial charge in [0.25, 0.3) is 0 Å². The van der Waals surface area contributed by atoms with Gasteiger partial charge < -0.3 is 4.40 Å². The van der Waals surface area contributed by atoms with E-state index in [2.05, 4.69) is 15.2 Å². The maximum absolute atomic E-state index is 4.26. The Kier molecular flexibility index (Phi) is 1.14. The number of rotatable bonds is 0. The lowest BCUT2D eigenvalue weighted by atomic mass is 10.4. The van der Waals surface area contributed by atoms with Crippen molar-refractivity contribution in [3.8, 4) is 11.4 Å². The zero-order chi connectivity index (χ0) is 8.67. The van der Waals surface area contributed by atoms with Crippen molar-refractivity contribution >= 4 is 5.52 Å². The minimum atomic E-state index is 0.811. The molecule has 1 aromatic rings. The summed E-state index contributed by atoms with van der Waals surface area (Å²) < 4.78 is 1.98. The molecule has 62 valence electrons. The molecule has 0 saturated heterocycles. The van der Waals surface area contributed by atoms with Crippen LogP contribution in [0.2, 0.25) is 0 Å². The van der Waals surface area contributed by atoms with Crippen molar-refractivity contribution in [1.29, 1.82) is 0 Å². The molecular formula is C9H6N4. The smallest absolute Gasteiger partial charge is 0.129 e. The average molecular weight is 170 g/mol. The Morgan fingerprint density at radius 3 is 3.15 bits per heavy atom. The minimum Gasteiger partial charge on any atom is -0.320 e. The first-order valence-electron chi connectivity index (χ1n) is 3.97. The van der Waals surface area contributed by atoms with Gasteiger partial charge in [-0.25, -0.2) is 0 Å². The van der Waals surface area contributed by atoms with E-state index in [4.69, 9.17) is 0 Å². The van der Waals surface area contributed by atoms with Gasteiger partial charge in [0.05, 0.1) is 17.9 Å². The van der Waals surface area contributed by atoms with Gasteiger partial charge >= 0.3 is 0 Å². The van der Waals surface area contributed by atoms with Crippen molar-refractivity contribution in [3.63, 3.8) is 0 Å². The number of hydrogen-bond donors (Lipinski definition) is 0. The summed E-state index contributed by atoms with van der Waals surface area (Å²) in [6, 6.07) is 3.97. The Morgan fingerprint density at radius 1 is 1.15 bits per heavy atom. The highest BCUT2D eigenvalue weighted by molar-refractivity contribution is 5.56. The third-order valence-corrected chi connectivity index (χ3v) is 2.02. The standard InChI is InChI=1S/C9H6N4/c1-2-7-4-10-8-5-11-12-9(8)6-13(7)3-1/h1-6H. The van der Waals surface area contributed by atoms with Crippen LogP contribution in [-0.2, 0) is 0 Å². The van der Waals surface area contributed by atoms with Crippen molar-refractivity contribution in [2.75, 3.05) is 0 Å². The molecule has 0 spiro atoms. The van der Waals surface area contributed by atoms with Crippen LogP contribution in [0.25, 0.3) is 16.9 Å². The van der Waals surface area contributed by atoms with E-state index in [9.17, 15) is 0 Å². The molecule has 0 aliphatic carbocycles. The van der Waals surface area contributed by atoms with Crippen LogP contribution in [0.1, 0.15) is 0 Å². The van der Waals surface area contributed by atoms with E-state index in [1.54, 1.807) is 6.20 Å². The molecule has 0 bridgehead atoms. The first-order valence-corrected chi connectivity index (χ1v) is 3.97. The molecule has 1 aromatic heterocycles. The molecule has 2 aliphatic rings. The Balaban J connectivity index is 2.51. The Hall–Kier alpha value is -1.97. The van der Waals surface area contributed by atoms with Gasteiger partial charge in [-0.1, -0.05) is 0 Å². The molecule has 3 rings (SSSR count). The van der Waals surface area contributed by atoms with E-state index in [0.29, 0.717) is 0 Å². The fraction of sp³-hybridized carbons (Fsp3) is 0. The molecule has 0 saturated carbocycles. The quantitative estimate of drug-likeness (QED) is 0.509. The number of nitrogens with zero attached hydrogens (tertiary/aromatic N) is 4. The molecule has 0 amide bonds. The third kappa shape index (κ3) is 0.885. The van der Waals surface area contributed by atoms with Crippen LogP contribution in [0.4, 0.5) is 0 Å². The molecule has 2 aliphatic heterocycles. The van der Waals surface area contributed by atoms with Crippen molar-refractivity contribution in [2.45, 2.75) is 0 Å². The molecule has 0 radical (unpaired) electrons. The van der Waals surface area contributed by atoms with Crippen LogP contribution >= 0.6 is 0 Å². The summed E-state index contributed by atoms with van der Waals surface area (Å²) in [6.07, 6.45) is 7.36. The zero-order valence-corrected chi connectivity index (χ0v) is 6.75. The predicted octanol–water partition coefficient (Wildman–Crippen LogP) is 1.23. The van der Waals surface area contributed by atoms with Gasteiger partial charge in [-0.15, -0.1) is 5.10 Å². The summed E-state index contributed by atoms with van der Waals surface area (Å²) >= 11 is 0. The highest BCUT2D eigenvalue weighted by Crippen LogP contribution is 2.14. The van der Waals surface area contributed by atoms with Gasteiger partial charge in [-0.2, -0.15) is 5.10 Å². The Bertz CT molecular complexity index is 528. The van der Waals surface area contributed by atoms with E-state index in [-0.39, 0.29) is 0 Å². The monoisotopic (exact) mass is 170 g/mol. The lowest BCUT2D eigenvalue weighted by Gasteiger charge is -1.84. The normalized spacial score (nSPS) is 11.1. The lowest BCUT2D eigenvalue weighted by Crippen LogP contribution is -1.77. The van der Waals surface area contributed by atoms with Gasteiger partial charge in [-0.05, 0) is 12.1 Å². The van der Waals surface area contributed by atoms with Crippen molar-refractivity contribution in [1.82, 2.24) is 19.6 Å². The fourth-order valence-electron chi connectivity index (χ4n) is 1.36. The maximum atomic E-state index is 4.26. The summed E-state index contributed by atoms with van der Waals surface area (Å²) in [6.45, 7) is 0. The van der Waals surface area contributed by atoms with Crippen LogP contribution in [0.5, 0.6) is 0 Å². The molecule has 0 N–H and O–H groups in total. The maximum Gasteiger partial charge on any atom is 0.129 e. The zero-order valence-electron chi connectivity index (χ0n) is 6.75. The molecule has 3 heterocycles. The van der Waals surface area contributed by atoms with E-state index in [1.165, 1.54) is 0 Å². The van der Waals surface area contributed by atoms with Crippen LogP contribution in [-0.4, -0.2) is 19.6 Å². The molecule has 0 fully saturated rings. The molecule has 0 atom stereocenters. The number of aromatic nitrogens is 4. The van der Waals surface area contributed by atoms with E-state index >= 15 is 0 Å². The first kappa shape index (κ1) is 6.54. The Morgan fingerprint density at radius 2 is 2.15 bits per heavy atom. The highest BCUT2D eigenvalue weighted by atomic mass is 15.1. The minimum absolute atomic E-state index is 0.811. The van der Waals surface area contributed by atoms with E-state index in [1.807, 2.05) is 35.1 Å². The molecule has 0 unspecified atom stereocenters. The fourth-order valence-corrected chi connectivity index (χ4v) is 1.36. The average Bonchev–Trinajstić information content (AvgIpc) is 2.72. The SMILES string of the molecule is c1cc2cnc3cnnc-3cn2c1. The van der Waals surface area contributed by atoms with Gasteiger partial charge in [0.1, 0.15) is 11.4 Å². The summed E-state index contributed by atoms with van der Waals surface area (Å²) in [7, 11) is 0. The molecule has 4 nitrogen and oxygen atoms in total. The van der Waals surface area contributed by atoms with Crippen molar-refractivity contribution in [3.05, 3.63) is 36.9 Å². The van der Waals surface area contributed by atoms with Crippen LogP contribution in [0, 0.1) is 0 Å². The molecule has 4 heteroatoms. The summed E-state index contributed by atoms with van der Waals surface area (Å²) in [5, 5.41) is 7.75. The summed E-state index contributed by atoms with van der Waals surface area (Å²) in [5.41, 5.74) is 2.69. The molecule has 13 heavy (non-hydrogen) atoms. The predicted molar refractivity (Wildman–Crippen MR) is 47.4 cm³/mol. The second-order valence-corrected chi connectivity index (χ2v) is 2.84. The van der Waals surface area contributed by atoms with Crippen LogP contribution in [0.3, 0.4) is 0 Å². The van der Waals surface area contributed by atoms with Gasteiger partial charge in [0.15, 0.2) is 0 Å². The van der Waals surface area contributed by atoms with Gasteiger partial charge in [0, 0.05) is 12.4 Å². The summed E-state index contributed by atoms with van der Waals surface area (Å²) in [5.74, 6) is 0. The second-order valence-electron chi connectivity index (χ2n) is 2.84. The molecule has 0 aromatic carbocycles. The van der Waals surface area contributed by atoms with Gasteiger partial charge in [-0.3, -0.25) is 4.98 Å². The third-order valence-electron chi connectivity index (χ3n) is 2.02. The van der Waals surface area contributed by atoms with E-state index < -0.39 is 0 Å². The van der Waals surface area contributed by atoms with Crippen molar-refractivity contribution < 1.29 is 0 Å². The number of hydrogen-bond acceptors (Lipinski definition) is 3. The Labute approximate surface area is 74.2 Å². The topological polar surface area (TPSA) is 43.1 Å². The summed E-state index contributed by atoms with van der Waals surface area (Å²) in [4.78, 5) is 4.26. The lowest BCUT2D eigenvalue weighted by molar-refractivity contribution is 1.08. The highest BCUT2D eigenvalue weighted by Gasteiger charge is 2.04. The first-order chi connectivity index (χ1) is 6.43. The molecular weight excluding hydrogens is 164 g/mol. The van der Waals surface area contributed by atoms with Crippen LogP contribution in [0.15, 0.2) is 36.9 Å².